The highest BCUT2D eigenvalue weighted by Crippen LogP contribution is 2.43. The van der Waals surface area contributed by atoms with Gasteiger partial charge in [-0.05, 0) is 49.1 Å². The van der Waals surface area contributed by atoms with E-state index >= 15 is 4.39 Å². The molecule has 0 saturated carbocycles. The number of anilines is 1. The van der Waals surface area contributed by atoms with Crippen molar-refractivity contribution in [2.45, 2.75) is 44.6 Å². The molecule has 5 aromatic rings. The summed E-state index contributed by atoms with van der Waals surface area (Å²) >= 11 is 0. The third kappa shape index (κ3) is 4.34. The van der Waals surface area contributed by atoms with Crippen molar-refractivity contribution in [1.82, 2.24) is 34.6 Å². The number of pyridine rings is 2. The number of halogens is 1. The van der Waals surface area contributed by atoms with Crippen LogP contribution in [0.2, 0.25) is 0 Å². The number of amides is 1. The average molecular weight is 643 g/mol. The number of hydrogen-bond acceptors (Lipinski definition) is 9. The number of nitrogens with zero attached hydrogens (tertiary/aromatic N) is 7. The molecule has 12 nitrogen and oxygen atoms in total. The van der Waals surface area contributed by atoms with Gasteiger partial charge in [-0.15, -0.1) is 0 Å². The quantitative estimate of drug-likeness (QED) is 0.291. The summed E-state index contributed by atoms with van der Waals surface area (Å²) in [4.78, 5) is 43.2. The fourth-order valence-corrected chi connectivity index (χ4v) is 8.54. The number of nitrogens with one attached hydrogen (secondary N) is 1. The van der Waals surface area contributed by atoms with Crippen molar-refractivity contribution in [3.63, 3.8) is 0 Å². The van der Waals surface area contributed by atoms with Crippen LogP contribution in [-0.4, -0.2) is 80.4 Å². The van der Waals surface area contributed by atoms with Crippen molar-refractivity contribution < 1.29 is 17.6 Å². The number of H-pyrrole nitrogens is 1. The molecule has 2 aliphatic rings. The van der Waals surface area contributed by atoms with Crippen LogP contribution in [0.4, 0.5) is 10.2 Å². The lowest BCUT2D eigenvalue weighted by Crippen LogP contribution is -2.57. The largest absolute Gasteiger partial charge is 0.355 e. The molecule has 1 atom stereocenters. The Kier molecular flexibility index (Phi) is 6.81. The zero-order valence-electron chi connectivity index (χ0n) is 25.7. The summed E-state index contributed by atoms with van der Waals surface area (Å²) in [6.45, 7) is 11.4. The molecule has 0 bridgehead atoms. The van der Waals surface area contributed by atoms with Gasteiger partial charge in [0.15, 0.2) is 21.3 Å². The van der Waals surface area contributed by atoms with Crippen LogP contribution in [0.15, 0.2) is 52.9 Å². The van der Waals surface area contributed by atoms with E-state index in [9.17, 15) is 18.0 Å². The fourth-order valence-electron chi connectivity index (χ4n) is 6.72. The van der Waals surface area contributed by atoms with E-state index in [1.807, 2.05) is 20.8 Å². The lowest BCUT2D eigenvalue weighted by Gasteiger charge is -2.40. The zero-order chi connectivity index (χ0) is 32.7. The van der Waals surface area contributed by atoms with Crippen molar-refractivity contribution in [2.24, 2.45) is 0 Å². The number of rotatable bonds is 4. The van der Waals surface area contributed by atoms with Crippen LogP contribution >= 0.6 is 0 Å². The van der Waals surface area contributed by atoms with Crippen molar-refractivity contribution >= 4 is 43.5 Å². The third-order valence-corrected chi connectivity index (χ3v) is 10.7. The lowest BCUT2D eigenvalue weighted by molar-refractivity contribution is -0.126. The average Bonchev–Trinajstić information content (AvgIpc) is 3.46. The Morgan fingerprint density at radius 1 is 1.15 bits per heavy atom. The molecule has 0 radical (unpaired) electrons. The van der Waals surface area contributed by atoms with Crippen LogP contribution in [0.5, 0.6) is 0 Å². The number of carbonyl (C=O) groups is 1. The smallest absolute Gasteiger partial charge is 0.348 e. The Morgan fingerprint density at radius 2 is 1.93 bits per heavy atom. The SMILES string of the molecule is C=CC(=O)N1CCN2c3nc(=O)n(-c4c(C)ccnc4C(C)C)c4nc(-c5c(C)ccc6[nH]ncc56)c(F)c(c34)S(=O)(=O)CC2C1. The first kappa shape index (κ1) is 29.7. The molecular formula is C32H31FN8O4S. The van der Waals surface area contributed by atoms with E-state index in [-0.39, 0.29) is 54.0 Å². The first-order valence-electron chi connectivity index (χ1n) is 14.9. The number of benzene rings is 1. The standard InChI is InChI=1S/C32H31FN8O4S/c1-6-22(42)39-11-12-40-19(14-39)15-46(44,45)29-24-30(40)37-32(43)41(28-18(5)9-10-34-26(28)16(2)3)31(24)36-27(25(29)33)23-17(4)7-8-21-20(23)13-35-38-21/h6-10,13,16,19H,1,11-12,14-15H2,2-5H3,(H,35,38). The summed E-state index contributed by atoms with van der Waals surface area (Å²) in [5, 5.41) is 7.46. The van der Waals surface area contributed by atoms with Crippen molar-refractivity contribution in [3.05, 3.63) is 76.4 Å². The Labute approximate surface area is 263 Å². The summed E-state index contributed by atoms with van der Waals surface area (Å²) in [6, 6.07) is 4.52. The topological polar surface area (TPSA) is 147 Å². The zero-order valence-corrected chi connectivity index (χ0v) is 26.5. The highest BCUT2D eigenvalue weighted by Gasteiger charge is 2.42. The van der Waals surface area contributed by atoms with Gasteiger partial charge in [0, 0.05) is 36.8 Å². The predicted molar refractivity (Wildman–Crippen MR) is 172 cm³/mol. The monoisotopic (exact) mass is 642 g/mol. The number of aromatic amines is 1. The summed E-state index contributed by atoms with van der Waals surface area (Å²) in [5.74, 6) is -2.00. The molecule has 1 unspecified atom stereocenters. The van der Waals surface area contributed by atoms with Crippen molar-refractivity contribution in [3.8, 4) is 16.9 Å². The van der Waals surface area contributed by atoms with Gasteiger partial charge in [0.25, 0.3) is 0 Å². The molecule has 1 fully saturated rings. The number of aromatic nitrogens is 6. The Bertz CT molecular complexity index is 2300. The molecule has 0 spiro atoms. The maximum Gasteiger partial charge on any atom is 0.355 e. The second-order valence-corrected chi connectivity index (χ2v) is 14.0. The van der Waals surface area contributed by atoms with E-state index in [1.165, 1.54) is 21.7 Å². The summed E-state index contributed by atoms with van der Waals surface area (Å²) in [5.41, 5.74) is 2.29. The molecule has 1 amide bonds. The first-order valence-corrected chi connectivity index (χ1v) is 16.5. The van der Waals surface area contributed by atoms with E-state index < -0.39 is 38.0 Å². The molecule has 1 aromatic carbocycles. The number of carbonyl (C=O) groups excluding carboxylic acids is 1. The van der Waals surface area contributed by atoms with Crippen molar-refractivity contribution in [1.29, 1.82) is 0 Å². The summed E-state index contributed by atoms with van der Waals surface area (Å²) in [7, 11) is -4.39. The van der Waals surface area contributed by atoms with Gasteiger partial charge < -0.3 is 9.80 Å². The Balaban J connectivity index is 1.65. The molecule has 14 heteroatoms. The lowest BCUT2D eigenvalue weighted by atomic mass is 10.00. The second-order valence-electron chi connectivity index (χ2n) is 12.1. The normalized spacial score (nSPS) is 17.4. The highest BCUT2D eigenvalue weighted by molar-refractivity contribution is 7.91. The summed E-state index contributed by atoms with van der Waals surface area (Å²) < 4.78 is 47.2. The maximum absolute atomic E-state index is 17.2. The number of hydrogen-bond donors (Lipinski definition) is 1. The third-order valence-electron chi connectivity index (χ3n) is 8.86. The van der Waals surface area contributed by atoms with Gasteiger partial charge in [-0.2, -0.15) is 10.1 Å². The molecule has 46 heavy (non-hydrogen) atoms. The number of sulfone groups is 1. The first-order chi connectivity index (χ1) is 21.9. The Hall–Kier alpha value is -4.98. The second kappa shape index (κ2) is 10.5. The van der Waals surface area contributed by atoms with Crippen LogP contribution in [0.25, 0.3) is 38.9 Å². The number of fused-ring (bicyclic) bond motifs is 3. The molecule has 236 valence electrons. The van der Waals surface area contributed by atoms with E-state index in [2.05, 4.69) is 26.7 Å². The molecule has 1 N–H and O–H groups in total. The van der Waals surface area contributed by atoms with Gasteiger partial charge in [0.05, 0.1) is 40.3 Å². The van der Waals surface area contributed by atoms with Crippen LogP contribution in [0.3, 0.4) is 0 Å². The van der Waals surface area contributed by atoms with E-state index in [1.54, 1.807) is 36.2 Å². The molecule has 1 saturated heterocycles. The van der Waals surface area contributed by atoms with Gasteiger partial charge in [-0.1, -0.05) is 26.5 Å². The van der Waals surface area contributed by atoms with Crippen LogP contribution in [0, 0.1) is 19.7 Å². The highest BCUT2D eigenvalue weighted by atomic mass is 32.2. The van der Waals surface area contributed by atoms with Gasteiger partial charge in [0.2, 0.25) is 5.91 Å². The number of aryl methyl sites for hydroxylation is 2. The van der Waals surface area contributed by atoms with Crippen LogP contribution < -0.4 is 10.6 Å². The van der Waals surface area contributed by atoms with E-state index in [4.69, 9.17) is 4.98 Å². The van der Waals surface area contributed by atoms with Crippen LogP contribution in [-0.2, 0) is 14.6 Å². The molecular weight excluding hydrogens is 611 g/mol. The van der Waals surface area contributed by atoms with Gasteiger partial charge in [-0.25, -0.2) is 27.2 Å². The van der Waals surface area contributed by atoms with Gasteiger partial charge in [0.1, 0.15) is 16.4 Å². The minimum absolute atomic E-state index is 0.0202. The molecule has 2 aliphatic heterocycles. The molecule has 4 aromatic heterocycles. The van der Waals surface area contributed by atoms with E-state index in [0.29, 0.717) is 39.0 Å². The van der Waals surface area contributed by atoms with E-state index in [0.717, 1.165) is 0 Å². The fraction of sp³-hybridized carbons (Fsp3) is 0.312. The molecule has 6 heterocycles. The van der Waals surface area contributed by atoms with Gasteiger partial charge in [-0.3, -0.25) is 14.9 Å². The van der Waals surface area contributed by atoms with Crippen LogP contribution in [0.1, 0.15) is 36.6 Å². The predicted octanol–water partition coefficient (Wildman–Crippen LogP) is 3.59. The minimum Gasteiger partial charge on any atom is -0.348 e. The van der Waals surface area contributed by atoms with Crippen molar-refractivity contribution in [2.75, 3.05) is 30.3 Å². The summed E-state index contributed by atoms with van der Waals surface area (Å²) in [6.07, 6.45) is 4.35. The Morgan fingerprint density at radius 3 is 2.67 bits per heavy atom. The minimum atomic E-state index is -4.39. The molecule has 0 aliphatic carbocycles. The molecule has 7 rings (SSSR count). The number of piperazine rings is 1. The van der Waals surface area contributed by atoms with Gasteiger partial charge >= 0.3 is 5.69 Å². The maximum atomic E-state index is 17.2.